The molecule has 0 radical (unpaired) electrons. The van der Waals surface area contributed by atoms with Gasteiger partial charge in [0, 0.05) is 42.9 Å². The third kappa shape index (κ3) is 7.35. The molecule has 0 aliphatic rings. The van der Waals surface area contributed by atoms with E-state index in [9.17, 15) is 4.79 Å². The summed E-state index contributed by atoms with van der Waals surface area (Å²) in [6.07, 6.45) is 7.00. The van der Waals surface area contributed by atoms with E-state index in [1.807, 2.05) is 54.1 Å². The number of nitrogens with one attached hydrogen (secondary N) is 1. The van der Waals surface area contributed by atoms with Crippen molar-refractivity contribution in [3.05, 3.63) is 84.5 Å². The van der Waals surface area contributed by atoms with Gasteiger partial charge in [-0.15, -0.1) is 0 Å². The van der Waals surface area contributed by atoms with Gasteiger partial charge in [-0.25, -0.2) is 4.98 Å². The largest absolute Gasteiger partial charge is 0.322 e. The first-order chi connectivity index (χ1) is 16.9. The molecule has 1 aromatic heterocycles. The van der Waals surface area contributed by atoms with Crippen LogP contribution in [0.4, 0.5) is 5.69 Å². The topological polar surface area (TPSA) is 74.9 Å². The van der Waals surface area contributed by atoms with Crippen LogP contribution in [0.3, 0.4) is 0 Å². The maximum atomic E-state index is 13.2. The third-order valence-electron chi connectivity index (χ3n) is 5.68. The number of allylic oxidation sites excluding steroid dienone is 1. The average Bonchev–Trinajstić information content (AvgIpc) is 3.31. The lowest BCUT2D eigenvalue weighted by atomic mass is 9.68. The fraction of sp³-hybridized carbons (Fsp3) is 0.259. The number of amides is 1. The lowest BCUT2D eigenvalue weighted by Crippen LogP contribution is -2.24. The highest BCUT2D eigenvalue weighted by atomic mass is 16.1. The molecule has 0 unspecified atom stereocenters. The number of aryl methyl sites for hydroxylation is 1. The molecule has 1 amide bonds. The highest BCUT2D eigenvalue weighted by Gasteiger charge is 2.12. The normalized spacial score (nSPS) is 11.7. The molecule has 3 aromatic rings. The van der Waals surface area contributed by atoms with Crippen molar-refractivity contribution in [2.75, 3.05) is 25.5 Å². The Hall–Kier alpha value is -3.78. The second-order valence-electron chi connectivity index (χ2n) is 8.26. The second kappa shape index (κ2) is 12.6. The van der Waals surface area contributed by atoms with Gasteiger partial charge in [0.1, 0.15) is 0 Å². The molecule has 0 saturated carbocycles. The van der Waals surface area contributed by atoms with Crippen molar-refractivity contribution in [1.29, 1.82) is 0 Å². The lowest BCUT2D eigenvalue weighted by Gasteiger charge is -2.19. The summed E-state index contributed by atoms with van der Waals surface area (Å²) in [6.45, 7) is 12.6. The van der Waals surface area contributed by atoms with Gasteiger partial charge in [-0.1, -0.05) is 50.2 Å². The van der Waals surface area contributed by atoms with Crippen LogP contribution in [0.25, 0.3) is 5.69 Å². The number of anilines is 1. The van der Waals surface area contributed by atoms with Crippen molar-refractivity contribution in [2.24, 2.45) is 9.98 Å². The Bertz CT molecular complexity index is 1230. The van der Waals surface area contributed by atoms with Crippen LogP contribution in [0.1, 0.15) is 35.5 Å². The second-order valence-corrected chi connectivity index (χ2v) is 8.26. The summed E-state index contributed by atoms with van der Waals surface area (Å²) in [6, 6.07) is 13.7. The lowest BCUT2D eigenvalue weighted by molar-refractivity contribution is 0.102. The number of rotatable bonds is 10. The molecule has 0 fully saturated rings. The fourth-order valence-corrected chi connectivity index (χ4v) is 3.78. The Morgan fingerprint density at radius 2 is 2.03 bits per heavy atom. The first-order valence-electron chi connectivity index (χ1n) is 11.8. The molecule has 1 heterocycles. The number of benzene rings is 2. The molecule has 2 aromatic carbocycles. The fourth-order valence-electron chi connectivity index (χ4n) is 3.78. The van der Waals surface area contributed by atoms with E-state index < -0.39 is 0 Å². The predicted octanol–water partition coefficient (Wildman–Crippen LogP) is 3.58. The monoisotopic (exact) mass is 468 g/mol. The minimum atomic E-state index is -0.163. The van der Waals surface area contributed by atoms with Crippen LogP contribution in [-0.4, -0.2) is 59.7 Å². The number of nitrogens with zero attached hydrogens (tertiary/aromatic N) is 5. The highest BCUT2D eigenvalue weighted by molar-refractivity contribution is 6.85. The van der Waals surface area contributed by atoms with Gasteiger partial charge in [-0.05, 0) is 49.8 Å². The van der Waals surface area contributed by atoms with Crippen molar-refractivity contribution in [3.8, 4) is 5.69 Å². The van der Waals surface area contributed by atoms with Gasteiger partial charge in [0.15, 0.2) is 0 Å². The van der Waals surface area contributed by atoms with E-state index in [1.165, 1.54) is 0 Å². The van der Waals surface area contributed by atoms with E-state index in [2.05, 4.69) is 51.7 Å². The minimum absolute atomic E-state index is 0.163. The van der Waals surface area contributed by atoms with Crippen LogP contribution in [0.2, 0.25) is 0 Å². The molecule has 180 valence electrons. The molecule has 0 spiro atoms. The standard InChI is InChI=1S/C27H33BN6O/c1-6-12-30-27(29-5)28-23-11-9-10-22(15-23)26(35)32-24-13-21(18-33(7-2)8-3)14-25(16-24)34-17-20(4)31-19-34/h6,9-17,19,28H,1,7-8,18H2,2-5H3,(H,32,35)/b29-27-,30-12-. The van der Waals surface area contributed by atoms with Crippen molar-refractivity contribution >= 4 is 36.3 Å². The summed E-state index contributed by atoms with van der Waals surface area (Å²) in [5.74, 6) is -0.163. The van der Waals surface area contributed by atoms with Gasteiger partial charge >= 0.3 is 0 Å². The predicted molar refractivity (Wildman–Crippen MR) is 148 cm³/mol. The summed E-state index contributed by atoms with van der Waals surface area (Å²) in [7, 11) is 2.24. The first-order valence-corrected chi connectivity index (χ1v) is 11.8. The summed E-state index contributed by atoms with van der Waals surface area (Å²) >= 11 is 0. The van der Waals surface area contributed by atoms with Gasteiger partial charge in [0.2, 0.25) is 7.28 Å². The van der Waals surface area contributed by atoms with Gasteiger partial charge in [-0.2, -0.15) is 0 Å². The van der Waals surface area contributed by atoms with Crippen LogP contribution in [0.15, 0.2) is 77.6 Å². The summed E-state index contributed by atoms with van der Waals surface area (Å²) < 4.78 is 1.98. The van der Waals surface area contributed by atoms with Gasteiger partial charge < -0.3 is 9.88 Å². The zero-order chi connectivity index (χ0) is 25.2. The summed E-state index contributed by atoms with van der Waals surface area (Å²) in [5.41, 5.74) is 6.00. The van der Waals surface area contributed by atoms with Crippen molar-refractivity contribution < 1.29 is 4.79 Å². The average molecular weight is 468 g/mol. The van der Waals surface area contributed by atoms with Crippen LogP contribution in [-0.2, 0) is 6.54 Å². The molecular weight excluding hydrogens is 435 g/mol. The Labute approximate surface area is 208 Å². The van der Waals surface area contributed by atoms with Crippen molar-refractivity contribution in [3.63, 3.8) is 0 Å². The van der Waals surface area contributed by atoms with Crippen LogP contribution < -0.4 is 10.8 Å². The van der Waals surface area contributed by atoms with E-state index in [-0.39, 0.29) is 5.91 Å². The Morgan fingerprint density at radius 1 is 1.23 bits per heavy atom. The Balaban J connectivity index is 1.86. The third-order valence-corrected chi connectivity index (χ3v) is 5.68. The zero-order valence-corrected chi connectivity index (χ0v) is 21.0. The van der Waals surface area contributed by atoms with Crippen LogP contribution >= 0.6 is 0 Å². The van der Waals surface area contributed by atoms with Crippen LogP contribution in [0, 0.1) is 6.92 Å². The van der Waals surface area contributed by atoms with Gasteiger partial charge in [-0.3, -0.25) is 19.7 Å². The van der Waals surface area contributed by atoms with Crippen molar-refractivity contribution in [1.82, 2.24) is 14.5 Å². The molecule has 8 heteroatoms. The number of amidine groups is 1. The Kier molecular flexibility index (Phi) is 9.32. The molecule has 0 aliphatic heterocycles. The van der Waals surface area contributed by atoms with Gasteiger partial charge in [0.05, 0.1) is 17.8 Å². The van der Waals surface area contributed by atoms with E-state index >= 15 is 0 Å². The maximum Gasteiger partial charge on any atom is 0.255 e. The number of hydrogen-bond acceptors (Lipinski definition) is 4. The number of aliphatic imine (C=N–C) groups is 2. The van der Waals surface area contributed by atoms with E-state index in [1.54, 1.807) is 25.7 Å². The Morgan fingerprint density at radius 3 is 2.69 bits per heavy atom. The van der Waals surface area contributed by atoms with E-state index in [0.29, 0.717) is 18.6 Å². The molecular formula is C27H33BN6O. The first kappa shape index (κ1) is 25.8. The molecule has 35 heavy (non-hydrogen) atoms. The zero-order valence-electron chi connectivity index (χ0n) is 21.0. The highest BCUT2D eigenvalue weighted by Crippen LogP contribution is 2.21. The SMILES string of the molecule is C=C/C=N\C(Bc1cccc(C(=O)Nc2cc(CN(CC)CC)cc(-n3cnc(C)c3)c2)c1)=N/C. The van der Waals surface area contributed by atoms with Crippen LogP contribution in [0.5, 0.6) is 0 Å². The number of carbonyl (C=O) groups is 1. The summed E-state index contributed by atoms with van der Waals surface area (Å²) in [5, 5.41) is 3.09. The van der Waals surface area contributed by atoms with Crippen molar-refractivity contribution in [2.45, 2.75) is 27.3 Å². The van der Waals surface area contributed by atoms with Gasteiger partial charge in [0.25, 0.3) is 5.91 Å². The minimum Gasteiger partial charge on any atom is -0.322 e. The molecule has 1 N–H and O–H groups in total. The number of carbonyl (C=O) groups excluding carboxylic acids is 1. The molecule has 0 saturated heterocycles. The molecule has 7 nitrogen and oxygen atoms in total. The van der Waals surface area contributed by atoms with E-state index in [0.717, 1.165) is 47.7 Å². The number of aromatic nitrogens is 2. The maximum absolute atomic E-state index is 13.2. The molecule has 0 aliphatic carbocycles. The smallest absolute Gasteiger partial charge is 0.255 e. The molecule has 0 bridgehead atoms. The number of hydrogen-bond donors (Lipinski definition) is 1. The number of imidazole rings is 1. The van der Waals surface area contributed by atoms with E-state index in [4.69, 9.17) is 0 Å². The molecule has 0 atom stereocenters. The summed E-state index contributed by atoms with van der Waals surface area (Å²) in [4.78, 5) is 28.4. The quantitative estimate of drug-likeness (QED) is 0.281. The molecule has 3 rings (SSSR count).